The van der Waals surface area contributed by atoms with E-state index in [4.69, 9.17) is 4.98 Å². The van der Waals surface area contributed by atoms with Crippen molar-refractivity contribution in [3.05, 3.63) is 39.1 Å². The average Bonchev–Trinajstić information content (AvgIpc) is 3.17. The Labute approximate surface area is 136 Å². The number of nitrogens with zero attached hydrogens (tertiary/aromatic N) is 1. The van der Waals surface area contributed by atoms with Gasteiger partial charge in [-0.25, -0.2) is 9.37 Å². The Kier molecular flexibility index (Phi) is 4.43. The molecule has 2 nitrogen and oxygen atoms in total. The van der Waals surface area contributed by atoms with Crippen LogP contribution in [-0.2, 0) is 6.54 Å². The molecule has 0 bridgehead atoms. The average molecular weight is 369 g/mol. The van der Waals surface area contributed by atoms with Crippen molar-refractivity contribution in [2.75, 3.05) is 0 Å². The molecule has 0 atom stereocenters. The number of halogens is 2. The van der Waals surface area contributed by atoms with Crippen molar-refractivity contribution >= 4 is 27.3 Å². The zero-order valence-electron chi connectivity index (χ0n) is 12.1. The van der Waals surface area contributed by atoms with Crippen LogP contribution in [-0.4, -0.2) is 11.0 Å². The van der Waals surface area contributed by atoms with Gasteiger partial charge >= 0.3 is 0 Å². The summed E-state index contributed by atoms with van der Waals surface area (Å²) in [5.74, 6) is 0.130. The van der Waals surface area contributed by atoms with E-state index in [1.54, 1.807) is 23.5 Å². The minimum atomic E-state index is -0.219. The Balaban J connectivity index is 1.94. The third-order valence-electron chi connectivity index (χ3n) is 3.56. The number of nitrogens with one attached hydrogen (secondary N) is 1. The van der Waals surface area contributed by atoms with Crippen LogP contribution in [0.3, 0.4) is 0 Å². The molecule has 0 unspecified atom stereocenters. The van der Waals surface area contributed by atoms with Crippen LogP contribution in [0.1, 0.15) is 43.2 Å². The van der Waals surface area contributed by atoms with Crippen molar-refractivity contribution < 1.29 is 4.39 Å². The first-order chi connectivity index (χ1) is 10.0. The summed E-state index contributed by atoms with van der Waals surface area (Å²) in [5.41, 5.74) is 1.66. The highest BCUT2D eigenvalue weighted by atomic mass is 79.9. The Morgan fingerprint density at radius 1 is 1.43 bits per heavy atom. The van der Waals surface area contributed by atoms with Gasteiger partial charge in [0.2, 0.25) is 0 Å². The summed E-state index contributed by atoms with van der Waals surface area (Å²) in [6.45, 7) is 5.11. The van der Waals surface area contributed by atoms with E-state index >= 15 is 0 Å². The van der Waals surface area contributed by atoms with Crippen molar-refractivity contribution in [2.45, 2.75) is 45.2 Å². The van der Waals surface area contributed by atoms with Crippen molar-refractivity contribution in [3.8, 4) is 10.6 Å². The number of hydrogen-bond acceptors (Lipinski definition) is 3. The van der Waals surface area contributed by atoms with Gasteiger partial charge in [0.15, 0.2) is 0 Å². The van der Waals surface area contributed by atoms with E-state index < -0.39 is 0 Å². The molecule has 1 saturated carbocycles. The van der Waals surface area contributed by atoms with Gasteiger partial charge in [0, 0.05) is 27.5 Å². The molecule has 0 spiro atoms. The Morgan fingerprint density at radius 2 is 2.19 bits per heavy atom. The second-order valence-corrected chi connectivity index (χ2v) is 7.76. The fourth-order valence-corrected chi connectivity index (χ4v) is 3.79. The van der Waals surface area contributed by atoms with Crippen molar-refractivity contribution in [1.82, 2.24) is 10.3 Å². The molecular formula is C16H18BrFN2S. The molecule has 0 aliphatic heterocycles. The molecule has 1 heterocycles. The van der Waals surface area contributed by atoms with E-state index in [9.17, 15) is 4.39 Å². The summed E-state index contributed by atoms with van der Waals surface area (Å²) in [6.07, 6.45) is 2.53. The van der Waals surface area contributed by atoms with Crippen LogP contribution in [0.15, 0.2) is 22.7 Å². The van der Waals surface area contributed by atoms with E-state index in [0.29, 0.717) is 17.5 Å². The molecule has 3 rings (SSSR count). The van der Waals surface area contributed by atoms with Crippen molar-refractivity contribution in [1.29, 1.82) is 0 Å². The van der Waals surface area contributed by atoms with Gasteiger partial charge in [-0.1, -0.05) is 29.8 Å². The summed E-state index contributed by atoms with van der Waals surface area (Å²) in [4.78, 5) is 5.93. The van der Waals surface area contributed by atoms with Gasteiger partial charge in [-0.15, -0.1) is 11.3 Å². The van der Waals surface area contributed by atoms with Crippen molar-refractivity contribution in [3.63, 3.8) is 0 Å². The van der Waals surface area contributed by atoms with Crippen LogP contribution >= 0.6 is 27.3 Å². The molecule has 21 heavy (non-hydrogen) atoms. The molecule has 2 aromatic rings. The van der Waals surface area contributed by atoms with Crippen LogP contribution < -0.4 is 5.32 Å². The zero-order chi connectivity index (χ0) is 15.0. The highest BCUT2D eigenvalue weighted by Crippen LogP contribution is 2.34. The van der Waals surface area contributed by atoms with E-state index in [1.807, 2.05) is 0 Å². The highest BCUT2D eigenvalue weighted by Gasteiger charge is 2.23. The molecule has 0 radical (unpaired) electrons. The van der Waals surface area contributed by atoms with Crippen LogP contribution in [0.2, 0.25) is 0 Å². The van der Waals surface area contributed by atoms with E-state index in [2.05, 4.69) is 35.1 Å². The van der Waals surface area contributed by atoms with Gasteiger partial charge in [0.1, 0.15) is 10.8 Å². The molecule has 1 aromatic carbocycles. The summed E-state index contributed by atoms with van der Waals surface area (Å²) in [5, 5.41) is 4.29. The smallest absolute Gasteiger partial charge is 0.133 e. The monoisotopic (exact) mass is 368 g/mol. The lowest BCUT2D eigenvalue weighted by molar-refractivity contribution is 0.630. The minimum Gasteiger partial charge on any atom is -0.309 e. The van der Waals surface area contributed by atoms with E-state index in [1.165, 1.54) is 23.8 Å². The second-order valence-electron chi connectivity index (χ2n) is 5.76. The predicted octanol–water partition coefficient (Wildman–Crippen LogP) is 5.09. The predicted molar refractivity (Wildman–Crippen MR) is 89.2 cm³/mol. The number of hydrogen-bond donors (Lipinski definition) is 1. The number of rotatable bonds is 5. The first-order valence-corrected chi connectivity index (χ1v) is 8.84. The van der Waals surface area contributed by atoms with E-state index in [0.717, 1.165) is 21.7 Å². The van der Waals surface area contributed by atoms with Gasteiger partial charge in [-0.3, -0.25) is 0 Å². The molecule has 1 aliphatic carbocycles. The topological polar surface area (TPSA) is 24.9 Å². The van der Waals surface area contributed by atoms with Crippen LogP contribution in [0.4, 0.5) is 4.39 Å². The molecular weight excluding hydrogens is 351 g/mol. The molecule has 112 valence electrons. The maximum absolute atomic E-state index is 14.1. The molecule has 5 heteroatoms. The fourth-order valence-electron chi connectivity index (χ4n) is 2.24. The summed E-state index contributed by atoms with van der Waals surface area (Å²) >= 11 is 5.00. The molecule has 0 saturated heterocycles. The van der Waals surface area contributed by atoms with Crippen LogP contribution in [0.25, 0.3) is 10.6 Å². The first kappa shape index (κ1) is 15.1. The van der Waals surface area contributed by atoms with Gasteiger partial charge in [0.25, 0.3) is 0 Å². The third-order valence-corrected chi connectivity index (χ3v) is 5.16. The van der Waals surface area contributed by atoms with Gasteiger partial charge in [0.05, 0.1) is 5.69 Å². The Bertz CT molecular complexity index is 650. The van der Waals surface area contributed by atoms with Gasteiger partial charge in [-0.05, 0) is 37.0 Å². The Hall–Kier alpha value is -0.780. The lowest BCUT2D eigenvalue weighted by Crippen LogP contribution is -2.15. The minimum absolute atomic E-state index is 0.219. The number of thiazole rings is 1. The zero-order valence-corrected chi connectivity index (χ0v) is 14.5. The fraction of sp³-hybridized carbons (Fsp3) is 0.438. The highest BCUT2D eigenvalue weighted by molar-refractivity contribution is 9.10. The molecule has 1 fully saturated rings. The molecule has 1 aliphatic rings. The summed E-state index contributed by atoms with van der Waals surface area (Å²) < 4.78 is 14.9. The second kappa shape index (κ2) is 6.15. The Morgan fingerprint density at radius 3 is 2.86 bits per heavy atom. The molecule has 0 amide bonds. The van der Waals surface area contributed by atoms with Crippen LogP contribution in [0.5, 0.6) is 0 Å². The lowest BCUT2D eigenvalue weighted by atomic mass is 10.1. The SMILES string of the molecule is CC(C)c1nc(-c2cc(Br)ccc2F)sc1CNC1CC1. The normalized spacial score (nSPS) is 14.9. The van der Waals surface area contributed by atoms with Gasteiger partial charge < -0.3 is 5.32 Å². The van der Waals surface area contributed by atoms with Gasteiger partial charge in [-0.2, -0.15) is 0 Å². The molecule has 1 aromatic heterocycles. The third kappa shape index (κ3) is 3.52. The summed E-state index contributed by atoms with van der Waals surface area (Å²) in [6, 6.07) is 5.66. The molecule has 1 N–H and O–H groups in total. The number of benzene rings is 1. The summed E-state index contributed by atoms with van der Waals surface area (Å²) in [7, 11) is 0. The maximum atomic E-state index is 14.1. The van der Waals surface area contributed by atoms with Crippen LogP contribution in [0, 0.1) is 5.82 Å². The van der Waals surface area contributed by atoms with Crippen molar-refractivity contribution in [2.24, 2.45) is 0 Å². The first-order valence-electron chi connectivity index (χ1n) is 7.23. The lowest BCUT2D eigenvalue weighted by Gasteiger charge is -2.05. The quantitative estimate of drug-likeness (QED) is 0.794. The number of aromatic nitrogens is 1. The maximum Gasteiger partial charge on any atom is 0.133 e. The standard InChI is InChI=1S/C16H18BrFN2S/c1-9(2)15-14(8-19-11-4-5-11)21-16(20-15)12-7-10(17)3-6-13(12)18/h3,6-7,9,11,19H,4-5,8H2,1-2H3. The van der Waals surface area contributed by atoms with E-state index in [-0.39, 0.29) is 5.82 Å². The largest absolute Gasteiger partial charge is 0.309 e.